The van der Waals surface area contributed by atoms with Gasteiger partial charge in [0.15, 0.2) is 0 Å². The van der Waals surface area contributed by atoms with E-state index in [1.807, 2.05) is 25.1 Å². The SMILES string of the molecule is CC(=O)Cc1c(C)cccc1I. The Hall–Kier alpha value is -0.380. The number of halogens is 1. The Kier molecular flexibility index (Phi) is 3.26. The number of carbonyl (C=O) groups excluding carboxylic acids is 1. The summed E-state index contributed by atoms with van der Waals surface area (Å²) in [5.41, 5.74) is 2.38. The third kappa shape index (κ3) is 2.30. The molecule has 0 aliphatic carbocycles. The smallest absolute Gasteiger partial charge is 0.134 e. The van der Waals surface area contributed by atoms with Crippen molar-refractivity contribution < 1.29 is 4.79 Å². The Morgan fingerprint density at radius 2 is 2.17 bits per heavy atom. The number of rotatable bonds is 2. The maximum absolute atomic E-state index is 10.9. The van der Waals surface area contributed by atoms with E-state index in [0.717, 1.165) is 0 Å². The number of carbonyl (C=O) groups is 1. The number of benzene rings is 1. The number of aryl methyl sites for hydroxylation is 1. The molecule has 0 aliphatic heterocycles. The number of ketones is 1. The zero-order valence-electron chi connectivity index (χ0n) is 7.23. The lowest BCUT2D eigenvalue weighted by molar-refractivity contribution is -0.116. The summed E-state index contributed by atoms with van der Waals surface area (Å²) in [6, 6.07) is 6.09. The van der Waals surface area contributed by atoms with Crippen LogP contribution >= 0.6 is 22.6 Å². The van der Waals surface area contributed by atoms with Crippen molar-refractivity contribution >= 4 is 28.4 Å². The van der Waals surface area contributed by atoms with Gasteiger partial charge in [0.05, 0.1) is 0 Å². The van der Waals surface area contributed by atoms with Gasteiger partial charge in [0, 0.05) is 9.99 Å². The number of hydrogen-bond donors (Lipinski definition) is 0. The lowest BCUT2D eigenvalue weighted by atomic mass is 10.0. The van der Waals surface area contributed by atoms with Crippen LogP contribution in [-0.4, -0.2) is 5.78 Å². The normalized spacial score (nSPS) is 9.92. The van der Waals surface area contributed by atoms with Crippen LogP contribution in [-0.2, 0) is 11.2 Å². The van der Waals surface area contributed by atoms with Crippen LogP contribution in [0.5, 0.6) is 0 Å². The van der Waals surface area contributed by atoms with Crippen LogP contribution in [0.4, 0.5) is 0 Å². The zero-order chi connectivity index (χ0) is 9.14. The predicted molar refractivity (Wildman–Crippen MR) is 58.3 cm³/mol. The van der Waals surface area contributed by atoms with Crippen molar-refractivity contribution in [3.05, 3.63) is 32.9 Å². The fraction of sp³-hybridized carbons (Fsp3) is 0.300. The molecule has 1 nitrogen and oxygen atoms in total. The van der Waals surface area contributed by atoms with Crippen molar-refractivity contribution in [1.29, 1.82) is 0 Å². The molecular formula is C10H11IO. The summed E-state index contributed by atoms with van der Waals surface area (Å²) in [6.07, 6.45) is 0.560. The van der Waals surface area contributed by atoms with Crippen LogP contribution in [0, 0.1) is 10.5 Å². The molecule has 0 N–H and O–H groups in total. The molecule has 0 fully saturated rings. The maximum Gasteiger partial charge on any atom is 0.134 e. The predicted octanol–water partition coefficient (Wildman–Crippen LogP) is 2.73. The molecule has 0 unspecified atom stereocenters. The Balaban J connectivity index is 3.04. The largest absolute Gasteiger partial charge is 0.300 e. The topological polar surface area (TPSA) is 17.1 Å². The van der Waals surface area contributed by atoms with E-state index >= 15 is 0 Å². The van der Waals surface area contributed by atoms with Gasteiger partial charge in [0.1, 0.15) is 5.78 Å². The third-order valence-electron chi connectivity index (χ3n) is 1.78. The molecule has 0 heterocycles. The molecule has 0 amide bonds. The first-order valence-electron chi connectivity index (χ1n) is 3.84. The molecule has 1 aromatic rings. The van der Waals surface area contributed by atoms with E-state index in [1.54, 1.807) is 6.92 Å². The summed E-state index contributed by atoms with van der Waals surface area (Å²) >= 11 is 2.27. The van der Waals surface area contributed by atoms with Gasteiger partial charge in [-0.05, 0) is 53.6 Å². The highest BCUT2D eigenvalue weighted by Crippen LogP contribution is 2.16. The van der Waals surface area contributed by atoms with E-state index in [2.05, 4.69) is 22.6 Å². The van der Waals surface area contributed by atoms with Crippen molar-refractivity contribution in [2.45, 2.75) is 20.3 Å². The van der Waals surface area contributed by atoms with Gasteiger partial charge in [-0.2, -0.15) is 0 Å². The highest BCUT2D eigenvalue weighted by Gasteiger charge is 2.04. The summed E-state index contributed by atoms with van der Waals surface area (Å²) in [7, 11) is 0. The molecule has 12 heavy (non-hydrogen) atoms. The van der Waals surface area contributed by atoms with Crippen LogP contribution in [0.2, 0.25) is 0 Å². The maximum atomic E-state index is 10.9. The molecule has 0 aromatic heterocycles. The lowest BCUT2D eigenvalue weighted by Gasteiger charge is -2.05. The minimum Gasteiger partial charge on any atom is -0.300 e. The highest BCUT2D eigenvalue weighted by atomic mass is 127. The van der Waals surface area contributed by atoms with Gasteiger partial charge in [-0.25, -0.2) is 0 Å². The van der Waals surface area contributed by atoms with Crippen LogP contribution in [0.15, 0.2) is 18.2 Å². The zero-order valence-corrected chi connectivity index (χ0v) is 9.38. The van der Waals surface area contributed by atoms with E-state index in [-0.39, 0.29) is 5.78 Å². The van der Waals surface area contributed by atoms with E-state index in [4.69, 9.17) is 0 Å². The Labute approximate surface area is 86.3 Å². The first-order valence-corrected chi connectivity index (χ1v) is 4.92. The molecule has 0 radical (unpaired) electrons. The standard InChI is InChI=1S/C10H11IO/c1-7-4-3-5-10(11)9(7)6-8(2)12/h3-5H,6H2,1-2H3. The molecular weight excluding hydrogens is 263 g/mol. The summed E-state index contributed by atoms with van der Waals surface area (Å²) in [6.45, 7) is 3.67. The second kappa shape index (κ2) is 4.03. The second-order valence-electron chi connectivity index (χ2n) is 2.91. The van der Waals surface area contributed by atoms with Gasteiger partial charge in [0.2, 0.25) is 0 Å². The Morgan fingerprint density at radius 3 is 2.67 bits per heavy atom. The fourth-order valence-electron chi connectivity index (χ4n) is 1.14. The van der Waals surface area contributed by atoms with Gasteiger partial charge in [-0.15, -0.1) is 0 Å². The second-order valence-corrected chi connectivity index (χ2v) is 4.08. The van der Waals surface area contributed by atoms with Gasteiger partial charge in [0.25, 0.3) is 0 Å². The quantitative estimate of drug-likeness (QED) is 0.758. The summed E-state index contributed by atoms with van der Waals surface area (Å²) in [4.78, 5) is 10.9. The molecule has 64 valence electrons. The average Bonchev–Trinajstić information content (AvgIpc) is 1.97. The van der Waals surface area contributed by atoms with E-state index in [9.17, 15) is 4.79 Å². The van der Waals surface area contributed by atoms with Crippen LogP contribution in [0.1, 0.15) is 18.1 Å². The molecule has 0 spiro atoms. The molecule has 0 aliphatic rings. The Morgan fingerprint density at radius 1 is 1.50 bits per heavy atom. The first kappa shape index (κ1) is 9.71. The highest BCUT2D eigenvalue weighted by molar-refractivity contribution is 14.1. The third-order valence-corrected chi connectivity index (χ3v) is 2.79. The monoisotopic (exact) mass is 274 g/mol. The minimum absolute atomic E-state index is 0.224. The first-order chi connectivity index (χ1) is 5.61. The van der Waals surface area contributed by atoms with Crippen LogP contribution in [0.25, 0.3) is 0 Å². The Bertz CT molecular complexity index is 284. The molecule has 0 bridgehead atoms. The molecule has 0 saturated heterocycles. The van der Waals surface area contributed by atoms with Gasteiger partial charge < -0.3 is 0 Å². The molecule has 0 saturated carbocycles. The van der Waals surface area contributed by atoms with E-state index in [1.165, 1.54) is 14.7 Å². The lowest BCUT2D eigenvalue weighted by Crippen LogP contribution is -2.00. The summed E-state index contributed by atoms with van der Waals surface area (Å²) < 4.78 is 1.18. The minimum atomic E-state index is 0.224. The summed E-state index contributed by atoms with van der Waals surface area (Å²) in [5.74, 6) is 0.224. The van der Waals surface area contributed by atoms with Crippen LogP contribution in [0.3, 0.4) is 0 Å². The van der Waals surface area contributed by atoms with E-state index in [0.29, 0.717) is 6.42 Å². The van der Waals surface area contributed by atoms with E-state index < -0.39 is 0 Å². The summed E-state index contributed by atoms with van der Waals surface area (Å²) in [5, 5.41) is 0. The van der Waals surface area contributed by atoms with Gasteiger partial charge in [-0.3, -0.25) is 4.79 Å². The van der Waals surface area contributed by atoms with Gasteiger partial charge in [-0.1, -0.05) is 12.1 Å². The van der Waals surface area contributed by atoms with Crippen LogP contribution < -0.4 is 0 Å². The van der Waals surface area contributed by atoms with Crippen molar-refractivity contribution in [1.82, 2.24) is 0 Å². The average molecular weight is 274 g/mol. The van der Waals surface area contributed by atoms with Crippen molar-refractivity contribution in [3.63, 3.8) is 0 Å². The van der Waals surface area contributed by atoms with Crippen molar-refractivity contribution in [2.24, 2.45) is 0 Å². The molecule has 2 heteroatoms. The van der Waals surface area contributed by atoms with Gasteiger partial charge >= 0.3 is 0 Å². The number of hydrogen-bond acceptors (Lipinski definition) is 1. The number of Topliss-reactive ketones (excluding diaryl/α,β-unsaturated/α-hetero) is 1. The van der Waals surface area contributed by atoms with Crippen molar-refractivity contribution in [3.8, 4) is 0 Å². The van der Waals surface area contributed by atoms with Crippen molar-refractivity contribution in [2.75, 3.05) is 0 Å². The molecule has 0 atom stereocenters. The molecule has 1 aromatic carbocycles. The molecule has 1 rings (SSSR count). The fourth-order valence-corrected chi connectivity index (χ4v) is 1.96.